The summed E-state index contributed by atoms with van der Waals surface area (Å²) in [4.78, 5) is 0. The standard InChI is InChI=1S/C12H20N6O2S/c1-3-8-13-10-5-6-11-15-16-12(18(11)17-10)7-9-14-21(19,20)4-2/h5-6,14H,3-4,7-9H2,1-2H3,(H,13,17). The Labute approximate surface area is 124 Å². The fourth-order valence-electron chi connectivity index (χ4n) is 1.76. The Balaban J connectivity index is 2.09. The molecule has 0 saturated carbocycles. The van der Waals surface area contributed by atoms with Gasteiger partial charge in [-0.2, -0.15) is 4.52 Å². The van der Waals surface area contributed by atoms with Gasteiger partial charge in [-0.3, -0.25) is 0 Å². The molecule has 21 heavy (non-hydrogen) atoms. The summed E-state index contributed by atoms with van der Waals surface area (Å²) in [6.07, 6.45) is 1.44. The molecular weight excluding hydrogens is 292 g/mol. The number of sulfonamides is 1. The number of fused-ring (bicyclic) bond motifs is 1. The summed E-state index contributed by atoms with van der Waals surface area (Å²) >= 11 is 0. The molecule has 2 rings (SSSR count). The predicted molar refractivity (Wildman–Crippen MR) is 80.7 cm³/mol. The normalized spacial score (nSPS) is 11.9. The molecule has 116 valence electrons. The smallest absolute Gasteiger partial charge is 0.211 e. The van der Waals surface area contributed by atoms with E-state index in [9.17, 15) is 8.42 Å². The summed E-state index contributed by atoms with van der Waals surface area (Å²) in [5, 5.41) is 15.7. The number of nitrogens with one attached hydrogen (secondary N) is 2. The van der Waals surface area contributed by atoms with E-state index in [1.165, 1.54) is 0 Å². The van der Waals surface area contributed by atoms with Crippen LogP contribution in [0.25, 0.3) is 5.65 Å². The van der Waals surface area contributed by atoms with Crippen molar-refractivity contribution >= 4 is 21.5 Å². The van der Waals surface area contributed by atoms with Crippen LogP contribution in [0.2, 0.25) is 0 Å². The molecule has 2 aromatic rings. The van der Waals surface area contributed by atoms with Crippen LogP contribution in [0.3, 0.4) is 0 Å². The molecule has 2 aromatic heterocycles. The van der Waals surface area contributed by atoms with Gasteiger partial charge >= 0.3 is 0 Å². The lowest BCUT2D eigenvalue weighted by molar-refractivity contribution is 0.581. The molecule has 0 fully saturated rings. The monoisotopic (exact) mass is 312 g/mol. The topological polar surface area (TPSA) is 101 Å². The molecule has 8 nitrogen and oxygen atoms in total. The van der Waals surface area contributed by atoms with Crippen LogP contribution in [0.5, 0.6) is 0 Å². The van der Waals surface area contributed by atoms with E-state index in [0.29, 0.717) is 17.9 Å². The Morgan fingerprint density at radius 1 is 1.19 bits per heavy atom. The van der Waals surface area contributed by atoms with E-state index in [1.807, 2.05) is 12.1 Å². The van der Waals surface area contributed by atoms with Crippen LogP contribution >= 0.6 is 0 Å². The lowest BCUT2D eigenvalue weighted by Crippen LogP contribution is -2.27. The summed E-state index contributed by atoms with van der Waals surface area (Å²) in [7, 11) is -3.19. The highest BCUT2D eigenvalue weighted by Gasteiger charge is 2.10. The van der Waals surface area contributed by atoms with E-state index >= 15 is 0 Å². The second-order valence-corrected chi connectivity index (χ2v) is 6.67. The summed E-state index contributed by atoms with van der Waals surface area (Å²) in [5.41, 5.74) is 0.644. The summed E-state index contributed by atoms with van der Waals surface area (Å²) in [6.45, 7) is 4.80. The van der Waals surface area contributed by atoms with Crippen LogP contribution in [0.4, 0.5) is 5.82 Å². The van der Waals surface area contributed by atoms with E-state index in [0.717, 1.165) is 18.8 Å². The van der Waals surface area contributed by atoms with Gasteiger partial charge in [-0.25, -0.2) is 13.1 Å². The second-order valence-electron chi connectivity index (χ2n) is 4.58. The first kappa shape index (κ1) is 15.6. The fraction of sp³-hybridized carbons (Fsp3) is 0.583. The van der Waals surface area contributed by atoms with Crippen LogP contribution in [0.1, 0.15) is 26.1 Å². The van der Waals surface area contributed by atoms with Gasteiger partial charge in [-0.05, 0) is 25.5 Å². The van der Waals surface area contributed by atoms with Crippen molar-refractivity contribution in [1.82, 2.24) is 24.5 Å². The van der Waals surface area contributed by atoms with Gasteiger partial charge < -0.3 is 5.32 Å². The van der Waals surface area contributed by atoms with Crippen molar-refractivity contribution in [3.63, 3.8) is 0 Å². The Bertz CT molecular complexity index is 697. The molecule has 0 radical (unpaired) electrons. The molecule has 0 aromatic carbocycles. The molecule has 9 heteroatoms. The van der Waals surface area contributed by atoms with Gasteiger partial charge in [-0.15, -0.1) is 15.3 Å². The zero-order valence-corrected chi connectivity index (χ0v) is 13.0. The lowest BCUT2D eigenvalue weighted by Gasteiger charge is -2.05. The third kappa shape index (κ3) is 4.11. The summed E-state index contributed by atoms with van der Waals surface area (Å²) < 4.78 is 26.9. The highest BCUT2D eigenvalue weighted by molar-refractivity contribution is 7.89. The molecule has 0 aliphatic heterocycles. The van der Waals surface area contributed by atoms with Gasteiger partial charge in [0.15, 0.2) is 11.5 Å². The number of anilines is 1. The number of hydrogen-bond donors (Lipinski definition) is 2. The van der Waals surface area contributed by atoms with Crippen molar-refractivity contribution in [2.45, 2.75) is 26.7 Å². The van der Waals surface area contributed by atoms with Crippen molar-refractivity contribution in [1.29, 1.82) is 0 Å². The van der Waals surface area contributed by atoms with Crippen LogP contribution in [-0.2, 0) is 16.4 Å². The highest BCUT2D eigenvalue weighted by Crippen LogP contribution is 2.07. The van der Waals surface area contributed by atoms with Gasteiger partial charge in [0.1, 0.15) is 5.82 Å². The van der Waals surface area contributed by atoms with Crippen LogP contribution < -0.4 is 10.0 Å². The fourth-order valence-corrected chi connectivity index (χ4v) is 2.37. The van der Waals surface area contributed by atoms with Crippen LogP contribution in [-0.4, -0.2) is 47.1 Å². The van der Waals surface area contributed by atoms with Crippen molar-refractivity contribution in [2.24, 2.45) is 0 Å². The number of aromatic nitrogens is 4. The van der Waals surface area contributed by atoms with Crippen LogP contribution in [0.15, 0.2) is 12.1 Å². The maximum atomic E-state index is 11.4. The zero-order chi connectivity index (χ0) is 15.3. The predicted octanol–water partition coefficient (Wildman–Crippen LogP) is 0.428. The van der Waals surface area contributed by atoms with Crippen molar-refractivity contribution < 1.29 is 8.42 Å². The van der Waals surface area contributed by atoms with Crippen molar-refractivity contribution in [2.75, 3.05) is 24.2 Å². The molecule has 0 aliphatic carbocycles. The third-order valence-electron chi connectivity index (χ3n) is 2.93. The average Bonchev–Trinajstić information content (AvgIpc) is 2.87. The minimum Gasteiger partial charge on any atom is -0.369 e. The number of hydrogen-bond acceptors (Lipinski definition) is 6. The van der Waals surface area contributed by atoms with Gasteiger partial charge in [0.2, 0.25) is 10.0 Å². The highest BCUT2D eigenvalue weighted by atomic mass is 32.2. The van der Waals surface area contributed by atoms with E-state index in [-0.39, 0.29) is 12.3 Å². The molecule has 0 atom stereocenters. The van der Waals surface area contributed by atoms with E-state index < -0.39 is 10.0 Å². The van der Waals surface area contributed by atoms with Gasteiger partial charge in [-0.1, -0.05) is 6.92 Å². The summed E-state index contributed by atoms with van der Waals surface area (Å²) in [6, 6.07) is 3.68. The second kappa shape index (κ2) is 6.81. The SMILES string of the molecule is CCCNc1ccc2nnc(CCNS(=O)(=O)CC)n2n1. The molecule has 0 spiro atoms. The number of nitrogens with zero attached hydrogens (tertiary/aromatic N) is 4. The van der Waals surface area contributed by atoms with Gasteiger partial charge in [0, 0.05) is 19.5 Å². The van der Waals surface area contributed by atoms with E-state index in [2.05, 4.69) is 32.3 Å². The lowest BCUT2D eigenvalue weighted by atomic mass is 10.4. The molecule has 2 N–H and O–H groups in total. The maximum absolute atomic E-state index is 11.4. The van der Waals surface area contributed by atoms with Gasteiger partial charge in [0.05, 0.1) is 5.75 Å². The minimum atomic E-state index is -3.19. The molecule has 2 heterocycles. The molecule has 0 amide bonds. The Hall–Kier alpha value is -1.74. The Morgan fingerprint density at radius 3 is 2.71 bits per heavy atom. The first-order valence-electron chi connectivity index (χ1n) is 6.98. The zero-order valence-electron chi connectivity index (χ0n) is 12.2. The maximum Gasteiger partial charge on any atom is 0.211 e. The van der Waals surface area contributed by atoms with Crippen LogP contribution in [0, 0.1) is 0 Å². The summed E-state index contributed by atoms with van der Waals surface area (Å²) in [5.74, 6) is 1.44. The average molecular weight is 312 g/mol. The Kier molecular flexibility index (Phi) is 5.07. The molecular formula is C12H20N6O2S. The quantitative estimate of drug-likeness (QED) is 0.733. The van der Waals surface area contributed by atoms with E-state index in [4.69, 9.17) is 0 Å². The molecule has 0 saturated heterocycles. The number of rotatable bonds is 8. The molecule has 0 unspecified atom stereocenters. The Morgan fingerprint density at radius 2 is 2.00 bits per heavy atom. The van der Waals surface area contributed by atoms with Gasteiger partial charge in [0.25, 0.3) is 0 Å². The first-order chi connectivity index (χ1) is 10.1. The van der Waals surface area contributed by atoms with Crippen molar-refractivity contribution in [3.8, 4) is 0 Å². The van der Waals surface area contributed by atoms with E-state index in [1.54, 1.807) is 11.4 Å². The first-order valence-corrected chi connectivity index (χ1v) is 8.63. The minimum absolute atomic E-state index is 0.0664. The molecule has 0 aliphatic rings. The largest absolute Gasteiger partial charge is 0.369 e. The van der Waals surface area contributed by atoms with Crippen molar-refractivity contribution in [3.05, 3.63) is 18.0 Å². The third-order valence-corrected chi connectivity index (χ3v) is 4.34. The molecule has 0 bridgehead atoms.